The summed E-state index contributed by atoms with van der Waals surface area (Å²) in [6, 6.07) is 10.9. The summed E-state index contributed by atoms with van der Waals surface area (Å²) in [5.41, 5.74) is 4.44. The van der Waals surface area contributed by atoms with E-state index in [0.717, 1.165) is 60.8 Å². The number of hydrogen-bond donors (Lipinski definition) is 0. The standard InChI is InChI=1S/C26H31NO4/c1-5-7-13-26(14-8-6-2)23-15-19(25(29)17(3)18(4)28)9-11-21(23)22-12-10-20(27(30)31)16-24(22)26/h9-12,15-17H,5-8,13-14H2,1-4H3. The minimum Gasteiger partial charge on any atom is -0.299 e. The molecule has 1 aliphatic carbocycles. The van der Waals surface area contributed by atoms with E-state index in [2.05, 4.69) is 13.8 Å². The van der Waals surface area contributed by atoms with E-state index < -0.39 is 5.92 Å². The quantitative estimate of drug-likeness (QED) is 0.186. The van der Waals surface area contributed by atoms with Crippen molar-refractivity contribution in [2.24, 2.45) is 5.92 Å². The van der Waals surface area contributed by atoms with E-state index in [-0.39, 0.29) is 27.6 Å². The van der Waals surface area contributed by atoms with Gasteiger partial charge >= 0.3 is 0 Å². The van der Waals surface area contributed by atoms with Gasteiger partial charge in [-0.05, 0) is 61.1 Å². The molecule has 0 heterocycles. The highest BCUT2D eigenvalue weighted by Crippen LogP contribution is 2.55. The number of fused-ring (bicyclic) bond motifs is 3. The van der Waals surface area contributed by atoms with Crippen LogP contribution in [0.2, 0.25) is 0 Å². The summed E-state index contributed by atoms with van der Waals surface area (Å²) >= 11 is 0. The van der Waals surface area contributed by atoms with Gasteiger partial charge in [-0.3, -0.25) is 19.7 Å². The van der Waals surface area contributed by atoms with Crippen LogP contribution in [0.1, 0.15) is 87.7 Å². The fraction of sp³-hybridized carbons (Fsp3) is 0.462. The topological polar surface area (TPSA) is 77.3 Å². The van der Waals surface area contributed by atoms with Gasteiger partial charge in [0.25, 0.3) is 5.69 Å². The molecule has 0 saturated carbocycles. The summed E-state index contributed by atoms with van der Waals surface area (Å²) in [5.74, 6) is -0.992. The van der Waals surface area contributed by atoms with E-state index in [0.29, 0.717) is 5.56 Å². The van der Waals surface area contributed by atoms with Crippen LogP contribution in [-0.4, -0.2) is 16.5 Å². The first-order valence-electron chi connectivity index (χ1n) is 11.2. The third-order valence-corrected chi connectivity index (χ3v) is 6.76. The summed E-state index contributed by atoms with van der Waals surface area (Å²) in [5, 5.41) is 11.5. The maximum absolute atomic E-state index is 12.9. The minimum atomic E-state index is -0.677. The van der Waals surface area contributed by atoms with E-state index in [1.165, 1.54) is 6.92 Å². The molecule has 5 heteroatoms. The van der Waals surface area contributed by atoms with Crippen molar-refractivity contribution in [2.45, 2.75) is 71.6 Å². The molecular weight excluding hydrogens is 390 g/mol. The van der Waals surface area contributed by atoms with Gasteiger partial charge in [-0.2, -0.15) is 0 Å². The molecule has 1 atom stereocenters. The Bertz CT molecular complexity index is 1020. The molecule has 0 radical (unpaired) electrons. The second-order valence-electron chi connectivity index (χ2n) is 8.73. The molecule has 5 nitrogen and oxygen atoms in total. The Hall–Kier alpha value is -2.82. The highest BCUT2D eigenvalue weighted by Gasteiger charge is 2.43. The molecule has 31 heavy (non-hydrogen) atoms. The molecule has 0 aromatic heterocycles. The molecule has 1 aliphatic rings. The first-order valence-corrected chi connectivity index (χ1v) is 11.2. The van der Waals surface area contributed by atoms with Crippen LogP contribution in [0.25, 0.3) is 11.1 Å². The Morgan fingerprint density at radius 1 is 0.968 bits per heavy atom. The molecule has 0 bridgehead atoms. The Morgan fingerprint density at radius 3 is 2.03 bits per heavy atom. The van der Waals surface area contributed by atoms with Crippen LogP contribution in [0.3, 0.4) is 0 Å². The summed E-state index contributed by atoms with van der Waals surface area (Å²) < 4.78 is 0. The van der Waals surface area contributed by atoms with Crippen LogP contribution in [-0.2, 0) is 10.2 Å². The number of benzene rings is 2. The molecule has 2 aromatic carbocycles. The SMILES string of the molecule is CCCCC1(CCCC)c2cc(C(=O)C(C)C(C)=O)ccc2-c2ccc([N+](=O)[O-])cc21. The smallest absolute Gasteiger partial charge is 0.269 e. The first kappa shape index (κ1) is 22.9. The van der Waals surface area contributed by atoms with E-state index in [4.69, 9.17) is 0 Å². The van der Waals surface area contributed by atoms with Gasteiger partial charge in [-0.25, -0.2) is 0 Å². The van der Waals surface area contributed by atoms with E-state index in [1.807, 2.05) is 18.2 Å². The number of nitro groups is 1. The summed E-state index contributed by atoms with van der Waals surface area (Å²) in [4.78, 5) is 35.9. The number of unbranched alkanes of at least 4 members (excludes halogenated alkanes) is 2. The molecule has 0 aliphatic heterocycles. The number of nitro benzene ring substituents is 1. The fourth-order valence-corrected chi connectivity index (χ4v) is 4.81. The number of nitrogens with zero attached hydrogens (tertiary/aromatic N) is 1. The lowest BCUT2D eigenvalue weighted by molar-refractivity contribution is -0.384. The molecule has 164 valence electrons. The summed E-state index contributed by atoms with van der Waals surface area (Å²) in [6.07, 6.45) is 5.79. The van der Waals surface area contributed by atoms with Crippen LogP contribution in [0.4, 0.5) is 5.69 Å². The Kier molecular flexibility index (Phi) is 6.73. The first-order chi connectivity index (χ1) is 14.8. The lowest BCUT2D eigenvalue weighted by Gasteiger charge is -2.32. The molecule has 1 unspecified atom stereocenters. The van der Waals surface area contributed by atoms with Gasteiger partial charge in [0.05, 0.1) is 10.8 Å². The van der Waals surface area contributed by atoms with Crippen molar-refractivity contribution in [2.75, 3.05) is 0 Å². The third-order valence-electron chi connectivity index (χ3n) is 6.76. The predicted molar refractivity (Wildman–Crippen MR) is 123 cm³/mol. The van der Waals surface area contributed by atoms with Crippen molar-refractivity contribution in [3.05, 3.63) is 63.2 Å². The number of ketones is 2. The molecular formula is C26H31NO4. The second-order valence-corrected chi connectivity index (χ2v) is 8.73. The van der Waals surface area contributed by atoms with Crippen molar-refractivity contribution in [3.8, 4) is 11.1 Å². The van der Waals surface area contributed by atoms with Gasteiger partial charge in [0.2, 0.25) is 0 Å². The van der Waals surface area contributed by atoms with Crippen LogP contribution in [0.15, 0.2) is 36.4 Å². The second kappa shape index (κ2) is 9.13. The Balaban J connectivity index is 2.24. The molecule has 0 spiro atoms. The number of hydrogen-bond acceptors (Lipinski definition) is 4. The molecule has 0 amide bonds. The van der Waals surface area contributed by atoms with Crippen LogP contribution in [0.5, 0.6) is 0 Å². The maximum atomic E-state index is 12.9. The molecule has 3 rings (SSSR count). The van der Waals surface area contributed by atoms with Crippen molar-refractivity contribution < 1.29 is 14.5 Å². The third kappa shape index (κ3) is 4.06. The molecule has 2 aromatic rings. The van der Waals surface area contributed by atoms with Gasteiger partial charge in [-0.15, -0.1) is 0 Å². The van der Waals surface area contributed by atoms with Crippen LogP contribution in [0, 0.1) is 16.0 Å². The number of Topliss-reactive ketones (excluding diaryl/α,β-unsaturated/α-hetero) is 2. The molecule has 0 fully saturated rings. The predicted octanol–water partition coefficient (Wildman–Crippen LogP) is 6.65. The molecule has 0 saturated heterocycles. The van der Waals surface area contributed by atoms with Gasteiger partial charge in [0.15, 0.2) is 5.78 Å². The zero-order valence-corrected chi connectivity index (χ0v) is 18.9. The van der Waals surface area contributed by atoms with Gasteiger partial charge in [0.1, 0.15) is 5.78 Å². The van der Waals surface area contributed by atoms with Crippen molar-refractivity contribution in [1.82, 2.24) is 0 Å². The number of rotatable bonds is 10. The normalized spacial score (nSPS) is 14.6. The Morgan fingerprint density at radius 2 is 1.52 bits per heavy atom. The highest BCUT2D eigenvalue weighted by atomic mass is 16.6. The monoisotopic (exact) mass is 421 g/mol. The largest absolute Gasteiger partial charge is 0.299 e. The lowest BCUT2D eigenvalue weighted by atomic mass is 9.70. The lowest BCUT2D eigenvalue weighted by Crippen LogP contribution is -2.26. The zero-order valence-electron chi connectivity index (χ0n) is 18.9. The average molecular weight is 422 g/mol. The van der Waals surface area contributed by atoms with Gasteiger partial charge < -0.3 is 0 Å². The van der Waals surface area contributed by atoms with E-state index in [1.54, 1.807) is 25.1 Å². The van der Waals surface area contributed by atoms with Gasteiger partial charge in [0, 0.05) is 23.1 Å². The summed E-state index contributed by atoms with van der Waals surface area (Å²) in [7, 11) is 0. The van der Waals surface area contributed by atoms with E-state index in [9.17, 15) is 19.7 Å². The van der Waals surface area contributed by atoms with Crippen molar-refractivity contribution in [3.63, 3.8) is 0 Å². The highest BCUT2D eigenvalue weighted by molar-refractivity contribution is 6.10. The van der Waals surface area contributed by atoms with Crippen LogP contribution < -0.4 is 0 Å². The number of non-ortho nitro benzene ring substituents is 1. The fourth-order valence-electron chi connectivity index (χ4n) is 4.81. The van der Waals surface area contributed by atoms with Crippen molar-refractivity contribution in [1.29, 1.82) is 0 Å². The molecule has 0 N–H and O–H groups in total. The maximum Gasteiger partial charge on any atom is 0.269 e. The summed E-state index contributed by atoms with van der Waals surface area (Å²) in [6.45, 7) is 7.38. The van der Waals surface area contributed by atoms with E-state index >= 15 is 0 Å². The minimum absolute atomic E-state index is 0.102. The number of carbonyl (C=O) groups excluding carboxylic acids is 2. The Labute approximate surface area is 184 Å². The zero-order chi connectivity index (χ0) is 22.8. The van der Waals surface area contributed by atoms with Gasteiger partial charge in [-0.1, -0.05) is 51.7 Å². The van der Waals surface area contributed by atoms with Crippen LogP contribution >= 0.6 is 0 Å². The van der Waals surface area contributed by atoms with Crippen molar-refractivity contribution >= 4 is 17.3 Å². The number of carbonyl (C=O) groups is 2. The average Bonchev–Trinajstić information content (AvgIpc) is 3.03.